The molecule has 0 radical (unpaired) electrons. The molecule has 25 heavy (non-hydrogen) atoms. The van der Waals surface area contributed by atoms with E-state index in [0.717, 1.165) is 0 Å². The summed E-state index contributed by atoms with van der Waals surface area (Å²) in [6.45, 7) is 0. The number of hydrogen-bond acceptors (Lipinski definition) is 6. The molecule has 10 heteroatoms. The Balaban J connectivity index is 1.75. The van der Waals surface area contributed by atoms with E-state index in [9.17, 15) is 13.2 Å². The molecule has 0 atom stereocenters. The zero-order valence-electron chi connectivity index (χ0n) is 13.7. The first-order valence-corrected chi connectivity index (χ1v) is 9.43. The molecule has 1 aromatic carbocycles. The van der Waals surface area contributed by atoms with Crippen LogP contribution in [0, 0.1) is 5.92 Å². The molecule has 9 nitrogen and oxygen atoms in total. The van der Waals surface area contributed by atoms with Gasteiger partial charge in [0, 0.05) is 18.7 Å². The van der Waals surface area contributed by atoms with Gasteiger partial charge in [-0.1, -0.05) is 12.1 Å². The summed E-state index contributed by atoms with van der Waals surface area (Å²) >= 11 is 0. The van der Waals surface area contributed by atoms with E-state index in [1.165, 1.54) is 16.8 Å². The van der Waals surface area contributed by atoms with Crippen LogP contribution >= 0.6 is 0 Å². The minimum Gasteiger partial charge on any atom is -0.481 e. The second-order valence-electron chi connectivity index (χ2n) is 6.16. The average molecular weight is 365 g/mol. The fraction of sp³-hybridized carbons (Fsp3) is 0.467. The lowest BCUT2D eigenvalue weighted by Gasteiger charge is -2.26. The van der Waals surface area contributed by atoms with Gasteiger partial charge in [-0.25, -0.2) is 17.8 Å². The summed E-state index contributed by atoms with van der Waals surface area (Å²) in [6.07, 6.45) is 1.99. The number of benzene rings is 1. The van der Waals surface area contributed by atoms with Gasteiger partial charge >= 0.3 is 5.97 Å². The van der Waals surface area contributed by atoms with Gasteiger partial charge < -0.3 is 5.11 Å². The van der Waals surface area contributed by atoms with Crippen molar-refractivity contribution in [1.29, 1.82) is 0 Å². The fourth-order valence-corrected chi connectivity index (χ4v) is 4.37. The monoisotopic (exact) mass is 365 g/mol. The highest BCUT2D eigenvalue weighted by atomic mass is 32.2. The lowest BCUT2D eigenvalue weighted by molar-refractivity contribution is -0.142. The highest BCUT2D eigenvalue weighted by molar-refractivity contribution is 7.89. The number of carboxylic acid groups (broad SMARTS) is 1. The Morgan fingerprint density at radius 2 is 2.00 bits per heavy atom. The molecule has 0 saturated heterocycles. The third-order valence-electron chi connectivity index (χ3n) is 4.42. The molecular formula is C15H19N5O4S. The summed E-state index contributed by atoms with van der Waals surface area (Å²) in [5, 5.41) is 20.2. The number of nitrogens with zero attached hydrogens (tertiary/aromatic N) is 4. The molecule has 0 unspecified atom stereocenters. The van der Waals surface area contributed by atoms with Crippen molar-refractivity contribution in [3.63, 3.8) is 0 Å². The number of hydrogen-bond donors (Lipinski definition) is 2. The Morgan fingerprint density at radius 3 is 2.60 bits per heavy atom. The van der Waals surface area contributed by atoms with Gasteiger partial charge in [-0.2, -0.15) is 0 Å². The average Bonchev–Trinajstić information content (AvgIpc) is 3.01. The first-order valence-electron chi connectivity index (χ1n) is 7.95. The van der Waals surface area contributed by atoms with Crippen LogP contribution in [-0.2, 0) is 21.9 Å². The second-order valence-corrected chi connectivity index (χ2v) is 7.88. The number of rotatable bonds is 5. The number of aryl methyl sites for hydroxylation is 1. The van der Waals surface area contributed by atoms with Gasteiger partial charge in [0.2, 0.25) is 10.0 Å². The van der Waals surface area contributed by atoms with E-state index in [0.29, 0.717) is 37.1 Å². The molecule has 2 aromatic rings. The van der Waals surface area contributed by atoms with Gasteiger partial charge in [-0.15, -0.1) is 5.10 Å². The Labute approximate surface area is 145 Å². The lowest BCUT2D eigenvalue weighted by Crippen LogP contribution is -2.38. The van der Waals surface area contributed by atoms with E-state index in [-0.39, 0.29) is 16.9 Å². The molecule has 134 valence electrons. The molecule has 1 saturated carbocycles. The number of sulfonamides is 1. The molecule has 1 fully saturated rings. The van der Waals surface area contributed by atoms with Crippen LogP contribution in [0.3, 0.4) is 0 Å². The Hall–Kier alpha value is -2.33. The predicted octanol–water partition coefficient (Wildman–Crippen LogP) is 0.799. The quantitative estimate of drug-likeness (QED) is 0.802. The van der Waals surface area contributed by atoms with Crippen molar-refractivity contribution in [3.05, 3.63) is 24.3 Å². The van der Waals surface area contributed by atoms with Crippen LogP contribution in [0.25, 0.3) is 11.4 Å². The first-order chi connectivity index (χ1) is 11.9. The van der Waals surface area contributed by atoms with Crippen LogP contribution in [0.2, 0.25) is 0 Å². The zero-order valence-corrected chi connectivity index (χ0v) is 14.5. The molecule has 2 N–H and O–H groups in total. The van der Waals surface area contributed by atoms with E-state index < -0.39 is 16.0 Å². The third-order valence-corrected chi connectivity index (χ3v) is 5.94. The molecule has 1 aliphatic rings. The number of tetrazole rings is 1. The summed E-state index contributed by atoms with van der Waals surface area (Å²) in [7, 11) is -2.02. The van der Waals surface area contributed by atoms with Crippen LogP contribution in [0.15, 0.2) is 29.2 Å². The fourth-order valence-electron chi connectivity index (χ4n) is 3.02. The van der Waals surface area contributed by atoms with Gasteiger partial charge in [-0.05, 0) is 48.2 Å². The minimum absolute atomic E-state index is 0.133. The highest BCUT2D eigenvalue weighted by Crippen LogP contribution is 2.26. The lowest BCUT2D eigenvalue weighted by atomic mass is 9.87. The summed E-state index contributed by atoms with van der Waals surface area (Å²) in [6, 6.07) is 6.17. The van der Waals surface area contributed by atoms with Gasteiger partial charge in [0.25, 0.3) is 0 Å². The maximum atomic E-state index is 12.6. The van der Waals surface area contributed by atoms with Crippen LogP contribution in [0.4, 0.5) is 0 Å². The maximum Gasteiger partial charge on any atom is 0.306 e. The third kappa shape index (κ3) is 3.85. The van der Waals surface area contributed by atoms with E-state index in [2.05, 4.69) is 20.2 Å². The molecule has 0 aliphatic heterocycles. The van der Waals surface area contributed by atoms with Crippen LogP contribution < -0.4 is 4.72 Å². The second kappa shape index (κ2) is 6.89. The summed E-state index contributed by atoms with van der Waals surface area (Å²) in [5.41, 5.74) is 0.602. The first kappa shape index (κ1) is 17.5. The number of aliphatic carboxylic acids is 1. The smallest absolute Gasteiger partial charge is 0.306 e. The van der Waals surface area contributed by atoms with Crippen LogP contribution in [0.5, 0.6) is 0 Å². The minimum atomic E-state index is -3.70. The topological polar surface area (TPSA) is 127 Å². The van der Waals surface area contributed by atoms with E-state index in [1.807, 2.05) is 0 Å². The maximum absolute atomic E-state index is 12.6. The van der Waals surface area contributed by atoms with Gasteiger partial charge in [0.15, 0.2) is 5.82 Å². The Morgan fingerprint density at radius 1 is 1.28 bits per heavy atom. The molecular weight excluding hydrogens is 346 g/mol. The van der Waals surface area contributed by atoms with Crippen LogP contribution in [-0.4, -0.2) is 45.7 Å². The normalized spacial score (nSPS) is 21.2. The molecule has 3 rings (SSSR count). The van der Waals surface area contributed by atoms with Crippen molar-refractivity contribution >= 4 is 16.0 Å². The highest BCUT2D eigenvalue weighted by Gasteiger charge is 2.29. The zero-order chi connectivity index (χ0) is 18.0. The van der Waals surface area contributed by atoms with E-state index in [1.54, 1.807) is 19.2 Å². The van der Waals surface area contributed by atoms with Crippen molar-refractivity contribution in [1.82, 2.24) is 24.9 Å². The Bertz CT molecular complexity index is 872. The van der Waals surface area contributed by atoms with Gasteiger partial charge in [0.1, 0.15) is 0 Å². The predicted molar refractivity (Wildman–Crippen MR) is 87.9 cm³/mol. The summed E-state index contributed by atoms with van der Waals surface area (Å²) in [4.78, 5) is 11.1. The van der Waals surface area contributed by atoms with Gasteiger partial charge in [-0.3, -0.25) is 4.79 Å². The Kier molecular flexibility index (Phi) is 4.82. The van der Waals surface area contributed by atoms with Crippen molar-refractivity contribution in [3.8, 4) is 11.4 Å². The molecule has 0 spiro atoms. The molecule has 1 aromatic heterocycles. The number of carbonyl (C=O) groups is 1. The molecule has 0 amide bonds. The number of aromatic nitrogens is 4. The SMILES string of the molecule is Cn1nnnc1-c1cccc(S(=O)(=O)NC2CCC(C(=O)O)CC2)c1. The largest absolute Gasteiger partial charge is 0.481 e. The number of nitrogens with one attached hydrogen (secondary N) is 1. The van der Waals surface area contributed by atoms with E-state index in [4.69, 9.17) is 5.11 Å². The molecule has 1 aliphatic carbocycles. The van der Waals surface area contributed by atoms with Crippen molar-refractivity contribution < 1.29 is 18.3 Å². The van der Waals surface area contributed by atoms with Crippen molar-refractivity contribution in [2.75, 3.05) is 0 Å². The van der Waals surface area contributed by atoms with Crippen molar-refractivity contribution in [2.24, 2.45) is 13.0 Å². The summed E-state index contributed by atoms with van der Waals surface area (Å²) in [5.74, 6) is -0.724. The molecule has 0 bridgehead atoms. The van der Waals surface area contributed by atoms with Gasteiger partial charge in [0.05, 0.1) is 10.8 Å². The van der Waals surface area contributed by atoms with Crippen LogP contribution in [0.1, 0.15) is 25.7 Å². The standard InChI is InChI=1S/C15H19N5O4S/c1-20-14(16-18-19-20)11-3-2-4-13(9-11)25(23,24)17-12-7-5-10(6-8-12)15(21)22/h2-4,9-10,12,17H,5-8H2,1H3,(H,21,22). The number of carboxylic acids is 1. The van der Waals surface area contributed by atoms with Crippen molar-refractivity contribution in [2.45, 2.75) is 36.6 Å². The van der Waals surface area contributed by atoms with E-state index >= 15 is 0 Å². The molecule has 1 heterocycles. The summed E-state index contributed by atoms with van der Waals surface area (Å²) < 4.78 is 29.4.